The number of imide groups is 1. The normalized spacial score (nSPS) is 26.7. The van der Waals surface area contributed by atoms with Crippen molar-refractivity contribution in [3.63, 3.8) is 0 Å². The predicted octanol–water partition coefficient (Wildman–Crippen LogP) is 4.14. The van der Waals surface area contributed by atoms with Crippen LogP contribution in [0.25, 0.3) is 10.9 Å². The van der Waals surface area contributed by atoms with Gasteiger partial charge in [0, 0.05) is 28.7 Å². The van der Waals surface area contributed by atoms with Crippen molar-refractivity contribution in [1.29, 1.82) is 0 Å². The Morgan fingerprint density at radius 2 is 1.58 bits per heavy atom. The average molecular weight is 409 g/mol. The summed E-state index contributed by atoms with van der Waals surface area (Å²) in [6, 6.07) is 18.5. The van der Waals surface area contributed by atoms with Crippen molar-refractivity contribution in [2.45, 2.75) is 19.9 Å². The Bertz CT molecular complexity index is 1240. The number of allylic oxidation sites excluding steroid dienone is 2. The number of hydrogen-bond donors (Lipinski definition) is 0. The zero-order valence-corrected chi connectivity index (χ0v) is 17.3. The zero-order chi connectivity index (χ0) is 21.1. The van der Waals surface area contributed by atoms with Gasteiger partial charge in [0.05, 0.1) is 18.1 Å². The first-order chi connectivity index (χ1) is 15.1. The molecule has 2 aromatic carbocycles. The highest BCUT2D eigenvalue weighted by Crippen LogP contribution is 2.52. The van der Waals surface area contributed by atoms with Crippen LogP contribution < -0.4 is 0 Å². The Morgan fingerprint density at radius 3 is 2.29 bits per heavy atom. The number of hydrogen-bond acceptors (Lipinski definition) is 3. The summed E-state index contributed by atoms with van der Waals surface area (Å²) in [5.74, 6) is -0.342. The van der Waals surface area contributed by atoms with Crippen molar-refractivity contribution in [2.75, 3.05) is 0 Å². The standard InChI is InChI=1S/C26H23N3O2/c1-16-21(14-27-29-25(30)23-18-11-12-19(13-18)24(23)26(29)31)20-9-5-6-10-22(20)28(16)15-17-7-3-2-4-8-17/h2-12,14,18-19,23-24H,13,15H2,1H3. The number of carbonyl (C=O) groups excluding carboxylic acids is 2. The van der Waals surface area contributed by atoms with Gasteiger partial charge in [-0.25, -0.2) is 0 Å². The molecule has 2 amide bonds. The molecule has 154 valence electrons. The minimum absolute atomic E-state index is 0.145. The van der Waals surface area contributed by atoms with E-state index in [1.807, 2.05) is 30.3 Å². The maximum Gasteiger partial charge on any atom is 0.254 e. The van der Waals surface area contributed by atoms with Crippen LogP contribution in [0.4, 0.5) is 0 Å². The number of fused-ring (bicyclic) bond motifs is 6. The van der Waals surface area contributed by atoms with Gasteiger partial charge in [0.1, 0.15) is 0 Å². The monoisotopic (exact) mass is 409 g/mol. The molecule has 2 fully saturated rings. The van der Waals surface area contributed by atoms with Crippen molar-refractivity contribution in [3.8, 4) is 0 Å². The first-order valence-corrected chi connectivity index (χ1v) is 10.9. The maximum atomic E-state index is 13.0. The van der Waals surface area contributed by atoms with Gasteiger partial charge >= 0.3 is 0 Å². The van der Waals surface area contributed by atoms with Crippen LogP contribution in [-0.2, 0) is 16.1 Å². The molecule has 31 heavy (non-hydrogen) atoms. The van der Waals surface area contributed by atoms with Crippen LogP contribution in [0.5, 0.6) is 0 Å². The lowest BCUT2D eigenvalue weighted by atomic mass is 9.85. The van der Waals surface area contributed by atoms with E-state index in [0.29, 0.717) is 0 Å². The molecule has 1 aliphatic heterocycles. The van der Waals surface area contributed by atoms with E-state index in [0.717, 1.165) is 40.1 Å². The van der Waals surface area contributed by atoms with Crippen LogP contribution in [0.15, 0.2) is 71.9 Å². The summed E-state index contributed by atoms with van der Waals surface area (Å²) in [7, 11) is 0. The molecular formula is C26H23N3O2. The molecule has 2 bridgehead atoms. The third-order valence-electron chi connectivity index (χ3n) is 7.21. The fraction of sp³-hybridized carbons (Fsp3) is 0.269. The van der Waals surface area contributed by atoms with E-state index >= 15 is 0 Å². The summed E-state index contributed by atoms with van der Waals surface area (Å²) in [4.78, 5) is 25.9. The molecule has 6 rings (SSSR count). The minimum atomic E-state index is -0.222. The second-order valence-electron chi connectivity index (χ2n) is 8.82. The molecular weight excluding hydrogens is 386 g/mol. The van der Waals surface area contributed by atoms with Crippen LogP contribution in [0.3, 0.4) is 0 Å². The molecule has 5 heteroatoms. The number of aromatic nitrogens is 1. The summed E-state index contributed by atoms with van der Waals surface area (Å²) in [6.07, 6.45) is 6.83. The Morgan fingerprint density at radius 1 is 0.935 bits per heavy atom. The summed E-state index contributed by atoms with van der Waals surface area (Å²) in [6.45, 7) is 2.82. The largest absolute Gasteiger partial charge is 0.340 e. The van der Waals surface area contributed by atoms with E-state index in [-0.39, 0.29) is 35.5 Å². The fourth-order valence-electron chi connectivity index (χ4n) is 5.71. The summed E-state index contributed by atoms with van der Waals surface area (Å²) in [5, 5.41) is 6.63. The van der Waals surface area contributed by atoms with Gasteiger partial charge in [-0.3, -0.25) is 9.59 Å². The molecule has 1 saturated carbocycles. The van der Waals surface area contributed by atoms with E-state index in [1.54, 1.807) is 6.21 Å². The van der Waals surface area contributed by atoms with Crippen molar-refractivity contribution in [2.24, 2.45) is 28.8 Å². The Labute approximate surface area is 180 Å². The van der Waals surface area contributed by atoms with Crippen molar-refractivity contribution in [3.05, 3.63) is 83.6 Å². The van der Waals surface area contributed by atoms with E-state index in [4.69, 9.17) is 0 Å². The smallest absolute Gasteiger partial charge is 0.254 e. The molecule has 1 aromatic heterocycles. The molecule has 4 atom stereocenters. The highest BCUT2D eigenvalue weighted by Gasteiger charge is 2.59. The van der Waals surface area contributed by atoms with Crippen LogP contribution in [0.2, 0.25) is 0 Å². The van der Waals surface area contributed by atoms with E-state index in [2.05, 4.69) is 53.0 Å². The molecule has 0 N–H and O–H groups in total. The van der Waals surface area contributed by atoms with Gasteiger partial charge in [0.2, 0.25) is 0 Å². The second-order valence-corrected chi connectivity index (χ2v) is 8.82. The Balaban J connectivity index is 1.36. The topological polar surface area (TPSA) is 54.7 Å². The SMILES string of the molecule is Cc1c(C=NN2C(=O)C3C4C=CC(C4)C3C2=O)c2ccccc2n1Cc1ccccc1. The van der Waals surface area contributed by atoms with Gasteiger partial charge in [0.15, 0.2) is 0 Å². The zero-order valence-electron chi connectivity index (χ0n) is 17.3. The fourth-order valence-corrected chi connectivity index (χ4v) is 5.71. The van der Waals surface area contributed by atoms with Gasteiger partial charge in [0.25, 0.3) is 11.8 Å². The Kier molecular flexibility index (Phi) is 4.00. The third kappa shape index (κ3) is 2.66. The van der Waals surface area contributed by atoms with Crippen molar-refractivity contribution < 1.29 is 9.59 Å². The quantitative estimate of drug-likeness (QED) is 0.369. The number of nitrogens with zero attached hydrogens (tertiary/aromatic N) is 3. The molecule has 3 aliphatic rings. The van der Waals surface area contributed by atoms with Crippen LogP contribution >= 0.6 is 0 Å². The second kappa shape index (κ2) is 6.77. The van der Waals surface area contributed by atoms with Crippen LogP contribution in [0, 0.1) is 30.6 Å². The molecule has 5 nitrogen and oxygen atoms in total. The van der Waals surface area contributed by atoms with Crippen LogP contribution in [0.1, 0.15) is 23.2 Å². The Hall–Kier alpha value is -3.47. The average Bonchev–Trinajstić information content (AvgIpc) is 3.53. The lowest BCUT2D eigenvalue weighted by Crippen LogP contribution is -2.28. The first-order valence-electron chi connectivity index (χ1n) is 10.9. The first kappa shape index (κ1) is 18.3. The molecule has 1 saturated heterocycles. The van der Waals surface area contributed by atoms with E-state index in [9.17, 15) is 9.59 Å². The van der Waals surface area contributed by atoms with Gasteiger partial charge in [-0.15, -0.1) is 0 Å². The van der Waals surface area contributed by atoms with Gasteiger partial charge in [-0.2, -0.15) is 10.1 Å². The lowest BCUT2D eigenvalue weighted by Gasteiger charge is -2.13. The van der Waals surface area contributed by atoms with Crippen LogP contribution in [-0.4, -0.2) is 27.6 Å². The third-order valence-corrected chi connectivity index (χ3v) is 7.21. The number of amides is 2. The number of rotatable bonds is 4. The van der Waals surface area contributed by atoms with Gasteiger partial charge in [-0.05, 0) is 36.8 Å². The molecule has 2 aliphatic carbocycles. The molecule has 2 heterocycles. The summed E-state index contributed by atoms with van der Waals surface area (Å²) >= 11 is 0. The molecule has 0 radical (unpaired) electrons. The van der Waals surface area contributed by atoms with E-state index in [1.165, 1.54) is 5.56 Å². The molecule has 4 unspecified atom stereocenters. The number of para-hydroxylation sites is 1. The summed E-state index contributed by atoms with van der Waals surface area (Å²) < 4.78 is 2.26. The predicted molar refractivity (Wildman–Crippen MR) is 119 cm³/mol. The molecule has 0 spiro atoms. The number of benzene rings is 2. The minimum Gasteiger partial charge on any atom is -0.340 e. The van der Waals surface area contributed by atoms with E-state index < -0.39 is 0 Å². The summed E-state index contributed by atoms with van der Waals surface area (Å²) in [5.41, 5.74) is 4.35. The number of carbonyl (C=O) groups is 2. The molecule has 3 aromatic rings. The van der Waals surface area contributed by atoms with Gasteiger partial charge in [-0.1, -0.05) is 60.7 Å². The number of hydrazone groups is 1. The maximum absolute atomic E-state index is 13.0. The highest BCUT2D eigenvalue weighted by molar-refractivity contribution is 6.08. The van der Waals surface area contributed by atoms with Crippen molar-refractivity contribution >= 4 is 28.9 Å². The lowest BCUT2D eigenvalue weighted by molar-refractivity contribution is -0.140. The van der Waals surface area contributed by atoms with Crippen molar-refractivity contribution in [1.82, 2.24) is 9.58 Å². The highest BCUT2D eigenvalue weighted by atomic mass is 16.2. The van der Waals surface area contributed by atoms with Gasteiger partial charge < -0.3 is 4.57 Å².